The minimum Gasteiger partial charge on any atom is -0.457 e. The third-order valence-corrected chi connectivity index (χ3v) is 3.75. The Labute approximate surface area is 140 Å². The minimum atomic E-state index is -0.348. The van der Waals surface area contributed by atoms with E-state index in [4.69, 9.17) is 4.74 Å². The topological polar surface area (TPSA) is 84.0 Å². The number of ether oxygens (including phenoxy) is 1. The van der Waals surface area contributed by atoms with E-state index < -0.39 is 0 Å². The molecule has 6 nitrogen and oxygen atoms in total. The fraction of sp³-hybridized carbons (Fsp3) is 0.222. The maximum absolute atomic E-state index is 12.1. The number of carbonyl (C=O) groups is 2. The number of para-hydroxylation sites is 1. The third kappa shape index (κ3) is 4.33. The second-order valence-electron chi connectivity index (χ2n) is 5.61. The number of quaternary nitrogens is 1. The lowest BCUT2D eigenvalue weighted by Gasteiger charge is -2.19. The summed E-state index contributed by atoms with van der Waals surface area (Å²) in [6.07, 6.45) is 0.161. The van der Waals surface area contributed by atoms with Gasteiger partial charge in [-0.05, 0) is 36.4 Å². The standard InChI is InChI=1S/C18H19N3O3/c22-17(12-16-18(23)20-11-10-19-16)21-13-6-8-15(9-7-13)24-14-4-2-1-3-5-14/h1-9,16,19H,10-12H2,(H,20,23)(H,21,22)/p+1/t16-/m0/s1. The van der Waals surface area contributed by atoms with E-state index >= 15 is 0 Å². The quantitative estimate of drug-likeness (QED) is 0.762. The van der Waals surface area contributed by atoms with Crippen molar-refractivity contribution in [1.82, 2.24) is 5.32 Å². The predicted molar refractivity (Wildman–Crippen MR) is 89.8 cm³/mol. The lowest BCUT2D eigenvalue weighted by atomic mass is 10.1. The van der Waals surface area contributed by atoms with Crippen molar-refractivity contribution >= 4 is 17.5 Å². The largest absolute Gasteiger partial charge is 0.457 e. The molecule has 0 radical (unpaired) electrons. The Hall–Kier alpha value is -2.86. The van der Waals surface area contributed by atoms with Crippen LogP contribution in [0.5, 0.6) is 11.5 Å². The first-order valence-corrected chi connectivity index (χ1v) is 7.94. The first-order chi connectivity index (χ1) is 11.7. The number of hydrogen-bond donors (Lipinski definition) is 3. The monoisotopic (exact) mass is 326 g/mol. The zero-order valence-corrected chi connectivity index (χ0v) is 13.2. The summed E-state index contributed by atoms with van der Waals surface area (Å²) in [4.78, 5) is 23.7. The summed E-state index contributed by atoms with van der Waals surface area (Å²) in [5.74, 6) is 1.19. The van der Waals surface area contributed by atoms with E-state index in [1.54, 1.807) is 24.3 Å². The normalized spacial score (nSPS) is 17.0. The number of carbonyl (C=O) groups excluding carboxylic acids is 2. The Morgan fingerprint density at radius 2 is 1.83 bits per heavy atom. The molecule has 1 fully saturated rings. The molecule has 0 unspecified atom stereocenters. The molecular weight excluding hydrogens is 306 g/mol. The summed E-state index contributed by atoms with van der Waals surface area (Å²) in [7, 11) is 0. The van der Waals surface area contributed by atoms with Gasteiger partial charge in [-0.2, -0.15) is 0 Å². The van der Waals surface area contributed by atoms with Gasteiger partial charge in [0.1, 0.15) is 11.5 Å². The Morgan fingerprint density at radius 1 is 1.12 bits per heavy atom. The smallest absolute Gasteiger partial charge is 0.278 e. The van der Waals surface area contributed by atoms with E-state index in [0.717, 1.165) is 12.3 Å². The number of benzene rings is 2. The summed E-state index contributed by atoms with van der Waals surface area (Å²) in [5, 5.41) is 7.47. The van der Waals surface area contributed by atoms with Crippen molar-refractivity contribution in [3.05, 3.63) is 54.6 Å². The van der Waals surface area contributed by atoms with E-state index in [1.807, 2.05) is 35.6 Å². The molecule has 0 aliphatic carbocycles. The first kappa shape index (κ1) is 16.0. The highest BCUT2D eigenvalue weighted by atomic mass is 16.5. The maximum atomic E-state index is 12.1. The molecule has 2 aromatic carbocycles. The highest BCUT2D eigenvalue weighted by Gasteiger charge is 2.27. The summed E-state index contributed by atoms with van der Waals surface area (Å²) in [6, 6.07) is 16.3. The molecule has 4 N–H and O–H groups in total. The van der Waals surface area contributed by atoms with Gasteiger partial charge in [0.05, 0.1) is 19.5 Å². The molecule has 2 amide bonds. The van der Waals surface area contributed by atoms with Crippen LogP contribution in [-0.4, -0.2) is 30.9 Å². The Balaban J connectivity index is 1.54. The highest BCUT2D eigenvalue weighted by Crippen LogP contribution is 2.22. The van der Waals surface area contributed by atoms with Crippen LogP contribution in [0.15, 0.2) is 54.6 Å². The number of piperazine rings is 1. The molecule has 1 aliphatic rings. The van der Waals surface area contributed by atoms with Crippen molar-refractivity contribution in [1.29, 1.82) is 0 Å². The molecule has 124 valence electrons. The number of nitrogens with one attached hydrogen (secondary N) is 2. The van der Waals surface area contributed by atoms with Gasteiger partial charge in [0, 0.05) is 5.69 Å². The first-order valence-electron chi connectivity index (χ1n) is 7.94. The van der Waals surface area contributed by atoms with Crippen molar-refractivity contribution in [3.63, 3.8) is 0 Å². The van der Waals surface area contributed by atoms with E-state index in [-0.39, 0.29) is 24.3 Å². The van der Waals surface area contributed by atoms with Crippen molar-refractivity contribution in [2.24, 2.45) is 0 Å². The summed E-state index contributed by atoms with van der Waals surface area (Å²) >= 11 is 0. The van der Waals surface area contributed by atoms with Crippen LogP contribution in [-0.2, 0) is 9.59 Å². The van der Waals surface area contributed by atoms with Gasteiger partial charge in [0.25, 0.3) is 5.91 Å². The van der Waals surface area contributed by atoms with Crippen LogP contribution in [0, 0.1) is 0 Å². The maximum Gasteiger partial charge on any atom is 0.278 e. The van der Waals surface area contributed by atoms with Gasteiger partial charge < -0.3 is 20.7 Å². The lowest BCUT2D eigenvalue weighted by Crippen LogP contribution is -2.96. The average molecular weight is 326 g/mol. The van der Waals surface area contributed by atoms with Gasteiger partial charge in [0.2, 0.25) is 5.91 Å². The average Bonchev–Trinajstić information content (AvgIpc) is 2.60. The predicted octanol–water partition coefficient (Wildman–Crippen LogP) is 0.869. The lowest BCUT2D eigenvalue weighted by molar-refractivity contribution is -0.678. The molecular formula is C18H20N3O3+. The molecule has 24 heavy (non-hydrogen) atoms. The second kappa shape index (κ2) is 7.61. The van der Waals surface area contributed by atoms with Crippen molar-refractivity contribution in [2.75, 3.05) is 18.4 Å². The SMILES string of the molecule is O=C(C[C@@H]1[NH2+]CCNC1=O)Nc1ccc(Oc2ccccc2)cc1. The van der Waals surface area contributed by atoms with Gasteiger partial charge in [0.15, 0.2) is 6.04 Å². The summed E-state index contributed by atoms with van der Waals surface area (Å²) < 4.78 is 5.70. The molecule has 0 bridgehead atoms. The van der Waals surface area contributed by atoms with Gasteiger partial charge >= 0.3 is 0 Å². The Kier molecular flexibility index (Phi) is 5.08. The molecule has 0 spiro atoms. The Bertz CT molecular complexity index is 701. The van der Waals surface area contributed by atoms with Crippen LogP contribution >= 0.6 is 0 Å². The molecule has 1 heterocycles. The minimum absolute atomic E-state index is 0.0805. The van der Waals surface area contributed by atoms with E-state index in [1.165, 1.54) is 0 Å². The van der Waals surface area contributed by atoms with Gasteiger partial charge in [-0.15, -0.1) is 0 Å². The van der Waals surface area contributed by atoms with Crippen molar-refractivity contribution in [2.45, 2.75) is 12.5 Å². The highest BCUT2D eigenvalue weighted by molar-refractivity contribution is 5.94. The van der Waals surface area contributed by atoms with E-state index in [0.29, 0.717) is 18.0 Å². The molecule has 6 heteroatoms. The number of nitrogens with two attached hydrogens (primary N) is 1. The third-order valence-electron chi connectivity index (χ3n) is 3.75. The molecule has 1 aliphatic heterocycles. The van der Waals surface area contributed by atoms with Crippen LogP contribution in [0.3, 0.4) is 0 Å². The number of anilines is 1. The zero-order chi connectivity index (χ0) is 16.8. The number of rotatable bonds is 5. The zero-order valence-electron chi connectivity index (χ0n) is 13.2. The van der Waals surface area contributed by atoms with Crippen LogP contribution in [0.1, 0.15) is 6.42 Å². The van der Waals surface area contributed by atoms with Gasteiger partial charge in [-0.25, -0.2) is 0 Å². The molecule has 0 aromatic heterocycles. The Morgan fingerprint density at radius 3 is 2.54 bits per heavy atom. The fourth-order valence-corrected chi connectivity index (χ4v) is 2.54. The molecule has 1 saturated heterocycles. The second-order valence-corrected chi connectivity index (χ2v) is 5.61. The molecule has 3 rings (SSSR count). The number of amides is 2. The van der Waals surface area contributed by atoms with Crippen molar-refractivity contribution in [3.8, 4) is 11.5 Å². The van der Waals surface area contributed by atoms with Crippen molar-refractivity contribution < 1.29 is 19.6 Å². The van der Waals surface area contributed by atoms with Crippen LogP contribution < -0.4 is 20.7 Å². The number of hydrogen-bond acceptors (Lipinski definition) is 3. The summed E-state index contributed by atoms with van der Waals surface area (Å²) in [5.41, 5.74) is 0.677. The van der Waals surface area contributed by atoms with Gasteiger partial charge in [-0.3, -0.25) is 9.59 Å². The van der Waals surface area contributed by atoms with E-state index in [2.05, 4.69) is 10.6 Å². The van der Waals surface area contributed by atoms with Gasteiger partial charge in [-0.1, -0.05) is 18.2 Å². The molecule has 2 aromatic rings. The summed E-state index contributed by atoms with van der Waals surface area (Å²) in [6.45, 7) is 1.45. The van der Waals surface area contributed by atoms with Crippen LogP contribution in [0.25, 0.3) is 0 Å². The fourth-order valence-electron chi connectivity index (χ4n) is 2.54. The molecule has 0 saturated carbocycles. The molecule has 1 atom stereocenters. The van der Waals surface area contributed by atoms with Crippen LogP contribution in [0.4, 0.5) is 5.69 Å². The van der Waals surface area contributed by atoms with Crippen LogP contribution in [0.2, 0.25) is 0 Å². The van der Waals surface area contributed by atoms with E-state index in [9.17, 15) is 9.59 Å².